The van der Waals surface area contributed by atoms with E-state index in [1.54, 1.807) is 28.9 Å². The standard InChI is InChI=1S/C20H20ClN5O/c1-25-9-2-3-15(12-25)13-27-20-19-23-8-10-26(19)18(21)17(24-20)16-6-4-14(11-22)5-7-16/h4-8,10,15H,2-3,9,12-13H2,1H3. The second kappa shape index (κ2) is 7.55. The first-order valence-electron chi connectivity index (χ1n) is 9.00. The second-order valence-electron chi connectivity index (χ2n) is 6.95. The topological polar surface area (TPSA) is 66.5 Å². The van der Waals surface area contributed by atoms with Gasteiger partial charge in [-0.05, 0) is 38.6 Å². The Bertz CT molecular complexity index is 992. The Labute approximate surface area is 163 Å². The van der Waals surface area contributed by atoms with Crippen LogP contribution in [0.5, 0.6) is 5.88 Å². The van der Waals surface area contributed by atoms with E-state index in [0.717, 1.165) is 25.1 Å². The number of imidazole rings is 1. The predicted octanol–water partition coefficient (Wildman–Crippen LogP) is 3.64. The van der Waals surface area contributed by atoms with E-state index in [0.29, 0.717) is 40.5 Å². The van der Waals surface area contributed by atoms with Gasteiger partial charge in [-0.25, -0.2) is 9.97 Å². The number of nitrogens with zero attached hydrogens (tertiary/aromatic N) is 5. The van der Waals surface area contributed by atoms with Gasteiger partial charge in [-0.2, -0.15) is 5.26 Å². The Morgan fingerprint density at radius 3 is 2.89 bits per heavy atom. The highest BCUT2D eigenvalue weighted by Gasteiger charge is 2.20. The number of hydrogen-bond donors (Lipinski definition) is 0. The zero-order valence-electron chi connectivity index (χ0n) is 15.1. The molecule has 0 N–H and O–H groups in total. The van der Waals surface area contributed by atoms with Gasteiger partial charge < -0.3 is 9.64 Å². The number of aromatic nitrogens is 3. The molecule has 0 saturated carbocycles. The van der Waals surface area contributed by atoms with Gasteiger partial charge in [-0.3, -0.25) is 4.40 Å². The summed E-state index contributed by atoms with van der Waals surface area (Å²) in [5.74, 6) is 0.964. The van der Waals surface area contributed by atoms with Crippen LogP contribution in [0.25, 0.3) is 16.9 Å². The summed E-state index contributed by atoms with van der Waals surface area (Å²) in [5.41, 5.74) is 2.65. The number of benzene rings is 1. The van der Waals surface area contributed by atoms with Crippen molar-refractivity contribution < 1.29 is 4.74 Å². The lowest BCUT2D eigenvalue weighted by Gasteiger charge is -2.29. The maximum atomic E-state index is 9.00. The summed E-state index contributed by atoms with van der Waals surface area (Å²) in [6.45, 7) is 2.78. The largest absolute Gasteiger partial charge is 0.475 e. The Hall–Kier alpha value is -2.62. The summed E-state index contributed by atoms with van der Waals surface area (Å²) in [4.78, 5) is 11.4. The zero-order valence-corrected chi connectivity index (χ0v) is 15.9. The quantitative estimate of drug-likeness (QED) is 0.690. The Morgan fingerprint density at radius 2 is 2.15 bits per heavy atom. The molecule has 1 aliphatic rings. The third-order valence-corrected chi connectivity index (χ3v) is 5.28. The van der Waals surface area contributed by atoms with Crippen LogP contribution in [0.2, 0.25) is 5.15 Å². The number of nitriles is 1. The Kier molecular flexibility index (Phi) is 4.97. The monoisotopic (exact) mass is 381 g/mol. The molecule has 1 unspecified atom stereocenters. The Morgan fingerprint density at radius 1 is 1.33 bits per heavy atom. The van der Waals surface area contributed by atoms with Crippen LogP contribution < -0.4 is 4.74 Å². The number of rotatable bonds is 4. The fourth-order valence-electron chi connectivity index (χ4n) is 3.52. The smallest absolute Gasteiger partial charge is 0.259 e. The van der Waals surface area contributed by atoms with E-state index in [4.69, 9.17) is 21.6 Å². The van der Waals surface area contributed by atoms with Crippen LogP contribution >= 0.6 is 11.6 Å². The molecule has 0 radical (unpaired) electrons. The lowest BCUT2D eigenvalue weighted by molar-refractivity contribution is 0.148. The van der Waals surface area contributed by atoms with Crippen LogP contribution in [0.4, 0.5) is 0 Å². The molecule has 1 fully saturated rings. The summed E-state index contributed by atoms with van der Waals surface area (Å²) in [6.07, 6.45) is 5.83. The number of fused-ring (bicyclic) bond motifs is 1. The van der Waals surface area contributed by atoms with Crippen LogP contribution in [0.3, 0.4) is 0 Å². The number of ether oxygens (including phenoxy) is 1. The van der Waals surface area contributed by atoms with Gasteiger partial charge in [0, 0.05) is 30.4 Å². The van der Waals surface area contributed by atoms with Gasteiger partial charge in [-0.1, -0.05) is 23.7 Å². The molecule has 6 nitrogen and oxygen atoms in total. The fourth-order valence-corrected chi connectivity index (χ4v) is 3.81. The normalized spacial score (nSPS) is 17.7. The van der Waals surface area contributed by atoms with Gasteiger partial charge in [0.25, 0.3) is 5.88 Å². The molecule has 2 aromatic heterocycles. The maximum Gasteiger partial charge on any atom is 0.259 e. The molecule has 3 heterocycles. The molecule has 1 aromatic carbocycles. The molecule has 1 saturated heterocycles. The van der Waals surface area contributed by atoms with Crippen molar-refractivity contribution in [3.05, 3.63) is 47.4 Å². The molecule has 138 valence electrons. The lowest BCUT2D eigenvalue weighted by atomic mass is 10.00. The average Bonchev–Trinajstić information content (AvgIpc) is 3.18. The van der Waals surface area contributed by atoms with Gasteiger partial charge in [0.15, 0.2) is 0 Å². The van der Waals surface area contributed by atoms with Crippen molar-refractivity contribution in [3.63, 3.8) is 0 Å². The maximum absolute atomic E-state index is 9.00. The van der Waals surface area contributed by atoms with Crippen LogP contribution in [0.15, 0.2) is 36.7 Å². The first kappa shape index (κ1) is 17.8. The number of halogens is 1. The molecular weight excluding hydrogens is 362 g/mol. The molecule has 0 amide bonds. The molecular formula is C20H20ClN5O. The van der Waals surface area contributed by atoms with Crippen molar-refractivity contribution in [2.24, 2.45) is 5.92 Å². The van der Waals surface area contributed by atoms with Crippen LogP contribution in [-0.2, 0) is 0 Å². The van der Waals surface area contributed by atoms with E-state index in [-0.39, 0.29) is 0 Å². The van der Waals surface area contributed by atoms with E-state index >= 15 is 0 Å². The molecule has 7 heteroatoms. The van der Waals surface area contributed by atoms with Gasteiger partial charge in [0.2, 0.25) is 5.65 Å². The minimum atomic E-state index is 0.469. The van der Waals surface area contributed by atoms with Crippen molar-refractivity contribution in [2.45, 2.75) is 12.8 Å². The zero-order chi connectivity index (χ0) is 18.8. The molecule has 0 spiro atoms. The first-order chi connectivity index (χ1) is 13.2. The Balaban J connectivity index is 1.66. The predicted molar refractivity (Wildman–Crippen MR) is 104 cm³/mol. The highest BCUT2D eigenvalue weighted by molar-refractivity contribution is 6.32. The SMILES string of the molecule is CN1CCCC(COc2nc(-c3ccc(C#N)cc3)c(Cl)n3ccnc23)C1. The highest BCUT2D eigenvalue weighted by Crippen LogP contribution is 2.31. The van der Waals surface area contributed by atoms with Crippen molar-refractivity contribution in [3.8, 4) is 23.2 Å². The third kappa shape index (κ3) is 3.61. The summed E-state index contributed by atoms with van der Waals surface area (Å²) in [5, 5.41) is 9.47. The lowest BCUT2D eigenvalue weighted by Crippen LogP contribution is -2.34. The van der Waals surface area contributed by atoms with Gasteiger partial charge in [-0.15, -0.1) is 0 Å². The van der Waals surface area contributed by atoms with E-state index < -0.39 is 0 Å². The van der Waals surface area contributed by atoms with E-state index in [1.807, 2.05) is 12.1 Å². The molecule has 3 aromatic rings. The molecule has 1 atom stereocenters. The van der Waals surface area contributed by atoms with E-state index in [1.165, 1.54) is 6.42 Å². The van der Waals surface area contributed by atoms with Crippen molar-refractivity contribution in [2.75, 3.05) is 26.7 Å². The summed E-state index contributed by atoms with van der Waals surface area (Å²) in [7, 11) is 2.14. The molecule has 0 aliphatic carbocycles. The summed E-state index contributed by atoms with van der Waals surface area (Å²) in [6, 6.07) is 9.31. The van der Waals surface area contributed by atoms with E-state index in [9.17, 15) is 0 Å². The van der Waals surface area contributed by atoms with Crippen molar-refractivity contribution >= 4 is 17.2 Å². The molecule has 27 heavy (non-hydrogen) atoms. The summed E-state index contributed by atoms with van der Waals surface area (Å²) < 4.78 is 7.88. The van der Waals surface area contributed by atoms with Gasteiger partial charge in [0.1, 0.15) is 10.8 Å². The molecule has 1 aliphatic heterocycles. The number of piperidine rings is 1. The number of likely N-dealkylation sites (tertiary alicyclic amines) is 1. The van der Waals surface area contributed by atoms with Crippen molar-refractivity contribution in [1.82, 2.24) is 19.3 Å². The number of hydrogen-bond acceptors (Lipinski definition) is 5. The van der Waals surface area contributed by atoms with Crippen molar-refractivity contribution in [1.29, 1.82) is 5.26 Å². The minimum Gasteiger partial charge on any atom is -0.475 e. The highest BCUT2D eigenvalue weighted by atomic mass is 35.5. The third-order valence-electron chi connectivity index (χ3n) is 4.92. The van der Waals surface area contributed by atoms with Crippen LogP contribution in [-0.4, -0.2) is 46.0 Å². The first-order valence-corrected chi connectivity index (χ1v) is 9.38. The van der Waals surface area contributed by atoms with E-state index in [2.05, 4.69) is 28.0 Å². The average molecular weight is 382 g/mol. The second-order valence-corrected chi connectivity index (χ2v) is 7.31. The summed E-state index contributed by atoms with van der Waals surface area (Å²) >= 11 is 6.56. The van der Waals surface area contributed by atoms with Crippen LogP contribution in [0.1, 0.15) is 18.4 Å². The van der Waals surface area contributed by atoms with Gasteiger partial charge in [0.05, 0.1) is 18.2 Å². The van der Waals surface area contributed by atoms with Gasteiger partial charge >= 0.3 is 0 Å². The fraction of sp³-hybridized carbons (Fsp3) is 0.350. The minimum absolute atomic E-state index is 0.469. The molecule has 4 rings (SSSR count). The van der Waals surface area contributed by atoms with Crippen LogP contribution in [0, 0.1) is 17.2 Å². The molecule has 0 bridgehead atoms.